The molecule has 0 aliphatic rings. The topological polar surface area (TPSA) is 83.7 Å². The van der Waals surface area contributed by atoms with E-state index in [4.69, 9.17) is 9.47 Å². The summed E-state index contributed by atoms with van der Waals surface area (Å²) < 4.78 is 9.92. The minimum Gasteiger partial charge on any atom is -0.497 e. The highest BCUT2D eigenvalue weighted by molar-refractivity contribution is 6.11. The summed E-state index contributed by atoms with van der Waals surface area (Å²) in [6.45, 7) is 0.212. The molecule has 118 valence electrons. The van der Waals surface area contributed by atoms with E-state index >= 15 is 0 Å². The van der Waals surface area contributed by atoms with Crippen molar-refractivity contribution >= 4 is 28.5 Å². The molecule has 0 spiro atoms. The van der Waals surface area contributed by atoms with Crippen molar-refractivity contribution in [3.63, 3.8) is 0 Å². The largest absolute Gasteiger partial charge is 0.497 e. The van der Waals surface area contributed by atoms with Crippen molar-refractivity contribution in [3.8, 4) is 5.75 Å². The number of rotatable bonds is 5. The van der Waals surface area contributed by atoms with Crippen molar-refractivity contribution < 1.29 is 19.1 Å². The fourth-order valence-corrected chi connectivity index (χ4v) is 2.15. The molecule has 0 atom stereocenters. The van der Waals surface area contributed by atoms with E-state index in [1.54, 1.807) is 44.3 Å². The molecule has 0 unspecified atom stereocenters. The van der Waals surface area contributed by atoms with Crippen molar-refractivity contribution in [2.45, 2.75) is 0 Å². The Morgan fingerprint density at radius 2 is 2.00 bits per heavy atom. The first-order chi connectivity index (χ1) is 10.5. The number of nitrogens with one attached hydrogen (secondary N) is 2. The van der Waals surface area contributed by atoms with E-state index in [9.17, 15) is 9.59 Å². The Labute approximate surface area is 128 Å². The van der Waals surface area contributed by atoms with E-state index < -0.39 is 5.97 Å². The number of aromatic amines is 1. The molecule has 0 fully saturated rings. The Bertz CT molecular complexity index is 706. The van der Waals surface area contributed by atoms with E-state index in [-0.39, 0.29) is 18.1 Å². The zero-order valence-corrected chi connectivity index (χ0v) is 13.0. The summed E-state index contributed by atoms with van der Waals surface area (Å²) in [4.78, 5) is 28.6. The monoisotopic (exact) mass is 305 g/mol. The number of benzene rings is 1. The van der Waals surface area contributed by atoms with Crippen molar-refractivity contribution in [2.75, 3.05) is 40.2 Å². The molecular weight excluding hydrogens is 286 g/mol. The predicted molar refractivity (Wildman–Crippen MR) is 83.4 cm³/mol. The number of anilines is 1. The number of amides is 1. The van der Waals surface area contributed by atoms with Gasteiger partial charge in [0.15, 0.2) is 0 Å². The minimum absolute atomic E-state index is 0.206. The van der Waals surface area contributed by atoms with Gasteiger partial charge < -0.3 is 24.7 Å². The van der Waals surface area contributed by atoms with Gasteiger partial charge in [-0.1, -0.05) is 0 Å². The smallest absolute Gasteiger partial charge is 0.356 e. The van der Waals surface area contributed by atoms with E-state index in [1.165, 1.54) is 7.11 Å². The lowest BCUT2D eigenvalue weighted by molar-refractivity contribution is -0.116. The number of H-pyrrole nitrogens is 1. The van der Waals surface area contributed by atoms with Crippen LogP contribution in [0.2, 0.25) is 0 Å². The molecule has 2 N–H and O–H groups in total. The molecule has 0 aliphatic heterocycles. The summed E-state index contributed by atoms with van der Waals surface area (Å²) in [6, 6.07) is 5.30. The van der Waals surface area contributed by atoms with Crippen molar-refractivity contribution in [3.05, 3.63) is 23.9 Å². The number of nitrogens with zero attached hydrogens (tertiary/aromatic N) is 1. The molecule has 0 bridgehead atoms. The highest BCUT2D eigenvalue weighted by atomic mass is 16.5. The lowest BCUT2D eigenvalue weighted by Gasteiger charge is -2.10. The van der Waals surface area contributed by atoms with Crippen LogP contribution in [0.25, 0.3) is 10.9 Å². The Morgan fingerprint density at radius 3 is 2.59 bits per heavy atom. The summed E-state index contributed by atoms with van der Waals surface area (Å²) in [5.74, 6) is -0.112. The predicted octanol–water partition coefficient (Wildman–Crippen LogP) is 1.46. The number of methoxy groups -OCH3 is 2. The first-order valence-electron chi connectivity index (χ1n) is 6.69. The van der Waals surface area contributed by atoms with Gasteiger partial charge in [0, 0.05) is 11.5 Å². The molecule has 2 aromatic rings. The van der Waals surface area contributed by atoms with Crippen LogP contribution in [-0.4, -0.2) is 56.6 Å². The molecule has 2 rings (SSSR count). The van der Waals surface area contributed by atoms with Crippen LogP contribution in [0.5, 0.6) is 5.75 Å². The highest BCUT2D eigenvalue weighted by Gasteiger charge is 2.20. The number of ether oxygens (including phenoxy) is 2. The van der Waals surface area contributed by atoms with E-state index in [1.807, 2.05) is 0 Å². The third kappa shape index (κ3) is 3.20. The zero-order valence-electron chi connectivity index (χ0n) is 13.0. The Balaban J connectivity index is 2.48. The van der Waals surface area contributed by atoms with Gasteiger partial charge in [0.2, 0.25) is 5.91 Å². The SMILES string of the molecule is COC(=O)c1[nH]c2cc(OC)ccc2c1NC(=O)CN(C)C. The van der Waals surface area contributed by atoms with Gasteiger partial charge in [-0.15, -0.1) is 0 Å². The van der Waals surface area contributed by atoms with E-state index in [0.717, 1.165) is 0 Å². The number of hydrogen-bond donors (Lipinski definition) is 2. The Kier molecular flexibility index (Phi) is 4.67. The molecule has 7 nitrogen and oxygen atoms in total. The molecule has 7 heteroatoms. The summed E-state index contributed by atoms with van der Waals surface area (Å²) in [6.07, 6.45) is 0. The first-order valence-corrected chi connectivity index (χ1v) is 6.69. The number of likely N-dealkylation sites (N-methyl/N-ethyl adjacent to an activating group) is 1. The van der Waals surface area contributed by atoms with Gasteiger partial charge in [0.05, 0.1) is 32.0 Å². The van der Waals surface area contributed by atoms with Gasteiger partial charge in [-0.2, -0.15) is 0 Å². The molecule has 1 aromatic carbocycles. The van der Waals surface area contributed by atoms with E-state index in [0.29, 0.717) is 22.3 Å². The second-order valence-electron chi connectivity index (χ2n) is 5.06. The number of esters is 1. The van der Waals surface area contributed by atoms with Crippen LogP contribution < -0.4 is 10.1 Å². The summed E-state index contributed by atoms with van der Waals surface area (Å²) in [5.41, 5.74) is 1.30. The fraction of sp³-hybridized carbons (Fsp3) is 0.333. The fourth-order valence-electron chi connectivity index (χ4n) is 2.15. The van der Waals surface area contributed by atoms with E-state index in [2.05, 4.69) is 10.3 Å². The molecule has 1 aromatic heterocycles. The maximum Gasteiger partial charge on any atom is 0.356 e. The van der Waals surface area contributed by atoms with Crippen LogP contribution in [0.15, 0.2) is 18.2 Å². The maximum atomic E-state index is 12.0. The van der Waals surface area contributed by atoms with Crippen molar-refractivity contribution in [1.29, 1.82) is 0 Å². The number of aromatic nitrogens is 1. The Morgan fingerprint density at radius 1 is 1.27 bits per heavy atom. The molecule has 0 radical (unpaired) electrons. The molecule has 0 saturated carbocycles. The van der Waals surface area contributed by atoms with Crippen molar-refractivity contribution in [2.24, 2.45) is 0 Å². The van der Waals surface area contributed by atoms with Crippen LogP contribution in [0.4, 0.5) is 5.69 Å². The van der Waals surface area contributed by atoms with Gasteiger partial charge in [0.25, 0.3) is 0 Å². The number of fused-ring (bicyclic) bond motifs is 1. The molecule has 1 amide bonds. The van der Waals surface area contributed by atoms with Crippen molar-refractivity contribution in [1.82, 2.24) is 9.88 Å². The zero-order chi connectivity index (χ0) is 16.3. The average Bonchev–Trinajstić information content (AvgIpc) is 2.83. The third-order valence-corrected chi connectivity index (χ3v) is 3.12. The summed E-state index contributed by atoms with van der Waals surface area (Å²) in [7, 11) is 6.44. The third-order valence-electron chi connectivity index (χ3n) is 3.12. The normalized spacial score (nSPS) is 10.8. The van der Waals surface area contributed by atoms with Crippen LogP contribution in [0, 0.1) is 0 Å². The lowest BCUT2D eigenvalue weighted by Crippen LogP contribution is -2.27. The molecule has 0 saturated heterocycles. The second-order valence-corrected chi connectivity index (χ2v) is 5.06. The van der Waals surface area contributed by atoms with Crippen LogP contribution in [0.1, 0.15) is 10.5 Å². The molecule has 1 heterocycles. The summed E-state index contributed by atoms with van der Waals surface area (Å²) >= 11 is 0. The quantitative estimate of drug-likeness (QED) is 0.817. The highest BCUT2D eigenvalue weighted by Crippen LogP contribution is 2.31. The first kappa shape index (κ1) is 15.8. The van der Waals surface area contributed by atoms with Gasteiger partial charge in [-0.3, -0.25) is 4.79 Å². The van der Waals surface area contributed by atoms with Crippen LogP contribution in [0.3, 0.4) is 0 Å². The van der Waals surface area contributed by atoms with Gasteiger partial charge in [0.1, 0.15) is 11.4 Å². The van der Waals surface area contributed by atoms with Crippen LogP contribution in [-0.2, 0) is 9.53 Å². The maximum absolute atomic E-state index is 12.0. The van der Waals surface area contributed by atoms with Gasteiger partial charge in [-0.05, 0) is 26.2 Å². The minimum atomic E-state index is -0.546. The number of carbonyl (C=O) groups is 2. The molecule has 22 heavy (non-hydrogen) atoms. The van der Waals surface area contributed by atoms with Gasteiger partial charge >= 0.3 is 5.97 Å². The molecule has 0 aliphatic carbocycles. The number of carbonyl (C=O) groups excluding carboxylic acids is 2. The average molecular weight is 305 g/mol. The van der Waals surface area contributed by atoms with Gasteiger partial charge in [-0.25, -0.2) is 4.79 Å². The van der Waals surface area contributed by atoms with Crippen LogP contribution >= 0.6 is 0 Å². The standard InChI is InChI=1S/C15H19N3O4/c1-18(2)8-12(19)17-13-10-6-5-9(21-3)7-11(10)16-14(13)15(20)22-4/h5-7,16H,8H2,1-4H3,(H,17,19). The Hall–Kier alpha value is -2.54. The summed E-state index contributed by atoms with van der Waals surface area (Å²) in [5, 5.41) is 3.48. The molecular formula is C15H19N3O4. The second kappa shape index (κ2) is 6.48. The lowest BCUT2D eigenvalue weighted by atomic mass is 10.2. The number of hydrogen-bond acceptors (Lipinski definition) is 5.